The number of nitrogens with two attached hydrogens (primary N) is 1. The molecule has 0 aliphatic carbocycles. The monoisotopic (exact) mass is 1090 g/mol. The number of carbonyl (C=O) groups excluding carboxylic acids is 9. The van der Waals surface area contributed by atoms with Gasteiger partial charge in [-0.2, -0.15) is 0 Å². The number of H-pyrrole nitrogens is 1. The summed E-state index contributed by atoms with van der Waals surface area (Å²) in [4.78, 5) is 157. The lowest BCUT2D eigenvalue weighted by Crippen LogP contribution is -2.63. The van der Waals surface area contributed by atoms with Crippen LogP contribution in [0.4, 0.5) is 0 Å². The van der Waals surface area contributed by atoms with Crippen LogP contribution in [-0.2, 0) is 65.6 Å². The maximum Gasteiger partial charge on any atom is 0.326 e. The number of benzene rings is 1. The van der Waals surface area contributed by atoms with E-state index in [0.29, 0.717) is 16.9 Å². The number of likely N-dealkylation sites (tertiary alicyclic amines) is 1. The summed E-state index contributed by atoms with van der Waals surface area (Å²) in [6.07, 6.45) is 4.31. The van der Waals surface area contributed by atoms with Gasteiger partial charge in [0.15, 0.2) is 0 Å². The van der Waals surface area contributed by atoms with Gasteiger partial charge < -0.3 is 73.1 Å². The molecule has 9 amide bonds. The van der Waals surface area contributed by atoms with Crippen LogP contribution in [0.5, 0.6) is 0 Å². The zero-order valence-electron chi connectivity index (χ0n) is 43.6. The van der Waals surface area contributed by atoms with E-state index in [0.717, 1.165) is 24.2 Å². The molecule has 1 aliphatic heterocycles. The molecule has 1 aliphatic rings. The molecule has 2 aromatic rings. The van der Waals surface area contributed by atoms with Crippen LogP contribution in [0.2, 0.25) is 0 Å². The Balaban J connectivity index is 1.95. The fourth-order valence-corrected chi connectivity index (χ4v) is 8.48. The predicted molar refractivity (Wildman–Crippen MR) is 272 cm³/mol. The van der Waals surface area contributed by atoms with Crippen molar-refractivity contribution in [3.05, 3.63) is 54.1 Å². The number of carboxylic acids is 2. The highest BCUT2D eigenvalue weighted by Crippen LogP contribution is 2.21. The van der Waals surface area contributed by atoms with Gasteiger partial charge >= 0.3 is 11.9 Å². The predicted octanol–water partition coefficient (Wildman–Crippen LogP) is -2.89. The Morgan fingerprint density at radius 1 is 0.727 bits per heavy atom. The fourth-order valence-electron chi connectivity index (χ4n) is 8.48. The summed E-state index contributed by atoms with van der Waals surface area (Å²) < 4.78 is 0. The summed E-state index contributed by atoms with van der Waals surface area (Å²) in [6, 6.07) is -4.75. The number of carboxylic acid groups (broad SMARTS) is 2. The van der Waals surface area contributed by atoms with Crippen LogP contribution in [-0.4, -0.2) is 192 Å². The van der Waals surface area contributed by atoms with Crippen LogP contribution < -0.4 is 37.6 Å². The second-order valence-electron chi connectivity index (χ2n) is 19.0. The smallest absolute Gasteiger partial charge is 0.326 e. The van der Waals surface area contributed by atoms with Crippen molar-refractivity contribution in [2.45, 2.75) is 153 Å². The molecule has 1 saturated heterocycles. The van der Waals surface area contributed by atoms with Crippen LogP contribution >= 0.6 is 0 Å². The number of carbonyl (C=O) groups is 11. The summed E-state index contributed by atoms with van der Waals surface area (Å²) in [6.45, 7) is 1.73. The number of aliphatic hydroxyl groups is 3. The minimum Gasteiger partial charge on any atom is -0.481 e. The van der Waals surface area contributed by atoms with Gasteiger partial charge in [-0.25, -0.2) is 9.78 Å². The van der Waals surface area contributed by atoms with Crippen molar-refractivity contribution in [3.8, 4) is 0 Å². The standard InChI is InChI=1S/C50H75N11O16/c1-4-5-6-7-11-16-41(66)61(49(75)37(27-64)59-45(71)35(25-62)54-40(65)23-51)39(21-30-13-9-8-10-14-30)47(73)56-33(20-29(2)3)44(70)58-36(26-63)48(74)60-19-12-15-38(60)46(72)55-32(17-18-42(67)68)43(69)57-34(50(76)77)22-31-24-52-28-53-31/h8-10,13-14,24,28-29,32-39,62-64H,4-7,11-12,15-23,25-27,51H2,1-3H3,(H,52,53)(H,54,65)(H,55,72)(H,56,73)(H,57,69)(H,58,70)(H,59,71)(H,67,68)(H,76,77)/t32-,33-,34-,35-,36-,37-,38-,39-/m0/s1. The topological polar surface area (TPSA) is 422 Å². The molecule has 3 rings (SSSR count). The average Bonchev–Trinajstić information content (AvgIpc) is 4.12. The van der Waals surface area contributed by atoms with E-state index >= 15 is 0 Å². The number of amides is 9. The lowest BCUT2D eigenvalue weighted by Gasteiger charge is -2.34. The van der Waals surface area contributed by atoms with E-state index in [4.69, 9.17) is 5.73 Å². The van der Waals surface area contributed by atoms with Crippen molar-refractivity contribution >= 4 is 65.1 Å². The van der Waals surface area contributed by atoms with Gasteiger partial charge in [-0.1, -0.05) is 76.8 Å². The molecule has 0 radical (unpaired) electrons. The lowest BCUT2D eigenvalue weighted by molar-refractivity contribution is -0.155. The van der Waals surface area contributed by atoms with Gasteiger partial charge in [0.05, 0.1) is 38.4 Å². The van der Waals surface area contributed by atoms with E-state index < -0.39 is 153 Å². The zero-order chi connectivity index (χ0) is 57.2. The molecule has 1 aromatic carbocycles. The van der Waals surface area contributed by atoms with Crippen molar-refractivity contribution in [3.63, 3.8) is 0 Å². The molecule has 0 spiro atoms. The number of nitrogens with zero attached hydrogens (tertiary/aromatic N) is 3. The minimum atomic E-state index is -1.90. The Bertz CT molecular complexity index is 2300. The van der Waals surface area contributed by atoms with Gasteiger partial charge in [0, 0.05) is 38.4 Å². The first-order valence-corrected chi connectivity index (χ1v) is 25.7. The lowest BCUT2D eigenvalue weighted by atomic mass is 9.99. The molecule has 27 nitrogen and oxygen atoms in total. The van der Waals surface area contributed by atoms with E-state index in [9.17, 15) is 78.3 Å². The number of aromatic nitrogens is 2. The molecule has 8 atom stereocenters. The summed E-state index contributed by atoms with van der Waals surface area (Å²) in [7, 11) is 0. The molecule has 0 saturated carbocycles. The number of unbranched alkanes of at least 4 members (excludes halogenated alkanes) is 4. The van der Waals surface area contributed by atoms with Crippen LogP contribution in [0.25, 0.3) is 0 Å². The number of hydrogen-bond donors (Lipinski definition) is 13. The van der Waals surface area contributed by atoms with E-state index in [-0.39, 0.29) is 63.1 Å². The van der Waals surface area contributed by atoms with E-state index in [2.05, 4.69) is 41.9 Å². The molecular formula is C50H75N11O16. The van der Waals surface area contributed by atoms with Crippen LogP contribution in [0.1, 0.15) is 103 Å². The molecule has 0 bridgehead atoms. The second-order valence-corrected chi connectivity index (χ2v) is 19.0. The van der Waals surface area contributed by atoms with Gasteiger partial charge in [-0.15, -0.1) is 0 Å². The minimum absolute atomic E-state index is 0.0308. The first-order valence-electron chi connectivity index (χ1n) is 25.7. The van der Waals surface area contributed by atoms with Crippen molar-refractivity contribution in [1.82, 2.24) is 51.7 Å². The van der Waals surface area contributed by atoms with Gasteiger partial charge in [-0.05, 0) is 43.6 Å². The quantitative estimate of drug-likeness (QED) is 0.0313. The Kier molecular flexibility index (Phi) is 27.3. The maximum absolute atomic E-state index is 14.8. The number of aliphatic hydroxyl groups excluding tert-OH is 3. The third-order valence-corrected chi connectivity index (χ3v) is 12.5. The molecule has 426 valence electrons. The third-order valence-electron chi connectivity index (χ3n) is 12.5. The van der Waals surface area contributed by atoms with E-state index in [1.807, 2.05) is 6.92 Å². The van der Waals surface area contributed by atoms with Gasteiger partial charge in [-0.3, -0.25) is 52.8 Å². The first kappa shape index (κ1) is 63.9. The Hall–Kier alpha value is -7.36. The van der Waals surface area contributed by atoms with Crippen molar-refractivity contribution < 1.29 is 78.3 Å². The van der Waals surface area contributed by atoms with Crippen LogP contribution in [0.15, 0.2) is 42.9 Å². The number of imide groups is 1. The number of hydrogen-bond acceptors (Lipinski definition) is 16. The van der Waals surface area contributed by atoms with Gasteiger partial charge in [0.25, 0.3) is 5.91 Å². The zero-order valence-corrected chi connectivity index (χ0v) is 43.6. The Labute approximate surface area is 445 Å². The number of imidazole rings is 1. The van der Waals surface area contributed by atoms with Crippen LogP contribution in [0.3, 0.4) is 0 Å². The fraction of sp³-hybridized carbons (Fsp3) is 0.600. The number of rotatable bonds is 34. The van der Waals surface area contributed by atoms with Crippen LogP contribution in [0, 0.1) is 5.92 Å². The van der Waals surface area contributed by atoms with E-state index in [1.54, 1.807) is 44.2 Å². The number of aromatic amines is 1. The summed E-state index contributed by atoms with van der Waals surface area (Å²) in [5, 5.41) is 64.3. The molecule has 27 heteroatoms. The number of nitrogens with one attached hydrogen (secondary N) is 7. The first-order chi connectivity index (χ1) is 36.7. The highest BCUT2D eigenvalue weighted by atomic mass is 16.4. The largest absolute Gasteiger partial charge is 0.481 e. The molecule has 2 heterocycles. The van der Waals surface area contributed by atoms with Crippen molar-refractivity contribution in [2.24, 2.45) is 11.7 Å². The molecule has 77 heavy (non-hydrogen) atoms. The normalized spacial score (nSPS) is 15.8. The molecular weight excluding hydrogens is 1010 g/mol. The Morgan fingerprint density at radius 3 is 1.92 bits per heavy atom. The summed E-state index contributed by atoms with van der Waals surface area (Å²) in [5.74, 6) is -12.1. The molecule has 1 fully saturated rings. The summed E-state index contributed by atoms with van der Waals surface area (Å²) in [5.41, 5.74) is 6.07. The SMILES string of the molecule is CCCCCCCC(=O)N(C(=O)[C@H](CO)NC(=O)[C@H](CO)NC(=O)CN)[C@@H](Cc1ccccc1)C(=O)N[C@@H](CC(C)C)C(=O)N[C@@H](CO)C(=O)N1CCC[C@H]1C(=O)N[C@@H](CCC(=O)O)C(=O)N[C@@H](Cc1c[nH]cn1)C(=O)O. The molecule has 14 N–H and O–H groups in total. The van der Waals surface area contributed by atoms with Gasteiger partial charge in [0.2, 0.25) is 47.3 Å². The number of aliphatic carboxylic acids is 2. The third kappa shape index (κ3) is 20.6. The van der Waals surface area contributed by atoms with Gasteiger partial charge in [0.1, 0.15) is 48.3 Å². The average molecular weight is 1090 g/mol. The van der Waals surface area contributed by atoms with Crippen molar-refractivity contribution in [2.75, 3.05) is 32.9 Å². The van der Waals surface area contributed by atoms with E-state index in [1.165, 1.54) is 12.5 Å². The van der Waals surface area contributed by atoms with Crippen molar-refractivity contribution in [1.29, 1.82) is 0 Å². The Morgan fingerprint density at radius 2 is 1.34 bits per heavy atom. The molecule has 0 unspecified atom stereocenters. The maximum atomic E-state index is 14.8. The highest BCUT2D eigenvalue weighted by molar-refractivity contribution is 6.05. The second kappa shape index (κ2) is 32.9. The highest BCUT2D eigenvalue weighted by Gasteiger charge is 2.43. The summed E-state index contributed by atoms with van der Waals surface area (Å²) >= 11 is 0. The molecule has 1 aromatic heterocycles.